The second-order valence-corrected chi connectivity index (χ2v) is 3.19. The van der Waals surface area contributed by atoms with E-state index in [0.29, 0.717) is 0 Å². The summed E-state index contributed by atoms with van der Waals surface area (Å²) in [4.78, 5) is 12.3. The Labute approximate surface area is 86.6 Å². The minimum Gasteiger partial charge on any atom is -0.211 e. The van der Waals surface area contributed by atoms with Crippen LogP contribution in [0.25, 0.3) is 0 Å². The molecule has 0 fully saturated rings. The van der Waals surface area contributed by atoms with Gasteiger partial charge in [-0.05, 0) is 18.1 Å². The van der Waals surface area contributed by atoms with Crippen molar-refractivity contribution < 1.29 is 13.6 Å². The summed E-state index contributed by atoms with van der Waals surface area (Å²) in [6.07, 6.45) is 2.49. The molecule has 0 saturated carbocycles. The maximum atomic E-state index is 13.1. The average Bonchev–Trinajstić information content (AvgIpc) is 2.19. The van der Waals surface area contributed by atoms with Crippen molar-refractivity contribution in [1.82, 2.24) is 0 Å². The van der Waals surface area contributed by atoms with Crippen LogP contribution in [-0.2, 0) is 17.3 Å². The lowest BCUT2D eigenvalue weighted by atomic mass is 10.1. The summed E-state index contributed by atoms with van der Waals surface area (Å²) in [5.41, 5.74) is 0.549. The number of aliphatic imine (C=N–C) groups is 1. The molecule has 0 heterocycles. The predicted molar refractivity (Wildman–Crippen MR) is 52.5 cm³/mol. The van der Waals surface area contributed by atoms with Gasteiger partial charge in [-0.15, -0.1) is 4.99 Å². The fourth-order valence-corrected chi connectivity index (χ4v) is 1.32. The molecule has 0 spiro atoms. The molecular weight excluding hydrogens is 200 g/mol. The third kappa shape index (κ3) is 2.96. The molecule has 80 valence electrons. The Morgan fingerprint density at radius 2 is 2.20 bits per heavy atom. The number of halogens is 2. The largest absolute Gasteiger partial charge is 0.379 e. The summed E-state index contributed by atoms with van der Waals surface area (Å²) in [6, 6.07) is 2.46. The van der Waals surface area contributed by atoms with Gasteiger partial charge < -0.3 is 0 Å². The van der Waals surface area contributed by atoms with Gasteiger partial charge in [-0.2, -0.15) is 8.78 Å². The SMILES string of the molecule is CCCc1cccc(C(F)(F)N=C=O)c1. The zero-order valence-corrected chi connectivity index (χ0v) is 8.34. The van der Waals surface area contributed by atoms with Crippen LogP contribution in [0.4, 0.5) is 8.78 Å². The van der Waals surface area contributed by atoms with E-state index in [0.717, 1.165) is 24.5 Å². The maximum Gasteiger partial charge on any atom is 0.379 e. The van der Waals surface area contributed by atoms with E-state index in [1.807, 2.05) is 6.92 Å². The zero-order valence-electron chi connectivity index (χ0n) is 8.34. The molecule has 0 N–H and O–H groups in total. The minimum atomic E-state index is -3.47. The van der Waals surface area contributed by atoms with Gasteiger partial charge in [-0.1, -0.05) is 31.5 Å². The molecule has 1 aromatic rings. The Morgan fingerprint density at radius 3 is 2.80 bits per heavy atom. The molecule has 0 bridgehead atoms. The van der Waals surface area contributed by atoms with E-state index in [4.69, 9.17) is 0 Å². The summed E-state index contributed by atoms with van der Waals surface area (Å²) >= 11 is 0. The number of alkyl halides is 2. The smallest absolute Gasteiger partial charge is 0.211 e. The van der Waals surface area contributed by atoms with Crippen molar-refractivity contribution in [2.75, 3.05) is 0 Å². The lowest BCUT2D eigenvalue weighted by Crippen LogP contribution is -2.09. The van der Waals surface area contributed by atoms with Gasteiger partial charge >= 0.3 is 6.05 Å². The van der Waals surface area contributed by atoms with Crippen LogP contribution in [0.15, 0.2) is 29.3 Å². The molecule has 15 heavy (non-hydrogen) atoms. The van der Waals surface area contributed by atoms with Crippen LogP contribution >= 0.6 is 0 Å². The molecular formula is C11H11F2NO. The van der Waals surface area contributed by atoms with Crippen LogP contribution in [0.1, 0.15) is 24.5 Å². The molecule has 0 amide bonds. The summed E-state index contributed by atoms with van der Waals surface area (Å²) in [5.74, 6) is 0. The third-order valence-electron chi connectivity index (χ3n) is 2.00. The van der Waals surface area contributed by atoms with Crippen LogP contribution in [-0.4, -0.2) is 6.08 Å². The first-order valence-electron chi connectivity index (χ1n) is 4.66. The average molecular weight is 211 g/mol. The maximum absolute atomic E-state index is 13.1. The molecule has 0 saturated heterocycles. The van der Waals surface area contributed by atoms with Crippen LogP contribution in [0, 0.1) is 0 Å². The van der Waals surface area contributed by atoms with E-state index in [-0.39, 0.29) is 5.56 Å². The van der Waals surface area contributed by atoms with Crippen LogP contribution in [0.3, 0.4) is 0 Å². The van der Waals surface area contributed by atoms with E-state index in [1.54, 1.807) is 6.07 Å². The number of nitrogens with zero attached hydrogens (tertiary/aromatic N) is 1. The highest BCUT2D eigenvalue weighted by atomic mass is 19.3. The van der Waals surface area contributed by atoms with Crippen molar-refractivity contribution in [3.63, 3.8) is 0 Å². The van der Waals surface area contributed by atoms with E-state index in [2.05, 4.69) is 4.99 Å². The molecule has 0 atom stereocenters. The Kier molecular flexibility index (Phi) is 3.69. The molecule has 0 aliphatic rings. The van der Waals surface area contributed by atoms with Gasteiger partial charge in [0.25, 0.3) is 0 Å². The highest BCUT2D eigenvalue weighted by Crippen LogP contribution is 2.29. The van der Waals surface area contributed by atoms with E-state index >= 15 is 0 Å². The molecule has 4 heteroatoms. The van der Waals surface area contributed by atoms with Crippen LogP contribution in [0.5, 0.6) is 0 Å². The lowest BCUT2D eigenvalue weighted by molar-refractivity contribution is 0.00609. The van der Waals surface area contributed by atoms with Gasteiger partial charge in [-0.25, -0.2) is 4.79 Å². The first-order valence-corrected chi connectivity index (χ1v) is 4.66. The Hall–Kier alpha value is -1.54. The molecule has 0 radical (unpaired) electrons. The second kappa shape index (κ2) is 4.80. The first kappa shape index (κ1) is 11.5. The van der Waals surface area contributed by atoms with Gasteiger partial charge in [0, 0.05) is 5.56 Å². The number of hydrogen-bond acceptors (Lipinski definition) is 2. The monoisotopic (exact) mass is 211 g/mol. The summed E-state index contributed by atoms with van der Waals surface area (Å²) in [7, 11) is 0. The van der Waals surface area contributed by atoms with Crippen molar-refractivity contribution in [3.05, 3.63) is 35.4 Å². The normalized spacial score (nSPS) is 10.9. The number of rotatable bonds is 4. The summed E-state index contributed by atoms with van der Waals surface area (Å²) in [5, 5.41) is 0. The molecule has 1 aromatic carbocycles. The van der Waals surface area contributed by atoms with E-state index in [9.17, 15) is 13.6 Å². The Morgan fingerprint density at radius 1 is 1.47 bits per heavy atom. The molecule has 0 unspecified atom stereocenters. The summed E-state index contributed by atoms with van der Waals surface area (Å²) < 4.78 is 26.3. The number of benzene rings is 1. The van der Waals surface area contributed by atoms with E-state index < -0.39 is 6.05 Å². The van der Waals surface area contributed by atoms with Gasteiger partial charge in [0.1, 0.15) is 0 Å². The molecule has 1 rings (SSSR count). The van der Waals surface area contributed by atoms with Gasteiger partial charge in [0.2, 0.25) is 6.08 Å². The van der Waals surface area contributed by atoms with Gasteiger partial charge in [0.05, 0.1) is 0 Å². The molecule has 0 aromatic heterocycles. The second-order valence-electron chi connectivity index (χ2n) is 3.19. The Balaban J connectivity index is 3.04. The highest BCUT2D eigenvalue weighted by molar-refractivity contribution is 5.36. The molecule has 0 aliphatic carbocycles. The fraction of sp³-hybridized carbons (Fsp3) is 0.364. The van der Waals surface area contributed by atoms with Crippen molar-refractivity contribution in [1.29, 1.82) is 0 Å². The number of hydrogen-bond donors (Lipinski definition) is 0. The molecule has 2 nitrogen and oxygen atoms in total. The third-order valence-corrected chi connectivity index (χ3v) is 2.00. The minimum absolute atomic E-state index is 0.267. The quantitative estimate of drug-likeness (QED) is 0.427. The predicted octanol–water partition coefficient (Wildman–Crippen LogP) is 3.02. The topological polar surface area (TPSA) is 29.4 Å². The molecule has 0 aliphatic heterocycles. The Bertz CT molecular complexity index is 384. The summed E-state index contributed by atoms with van der Waals surface area (Å²) in [6.45, 7) is 1.97. The van der Waals surface area contributed by atoms with Gasteiger partial charge in [-0.3, -0.25) is 0 Å². The van der Waals surface area contributed by atoms with Crippen molar-refractivity contribution >= 4 is 6.08 Å². The van der Waals surface area contributed by atoms with Crippen molar-refractivity contribution in [3.8, 4) is 0 Å². The zero-order chi connectivity index (χ0) is 11.3. The highest BCUT2D eigenvalue weighted by Gasteiger charge is 2.30. The lowest BCUT2D eigenvalue weighted by Gasteiger charge is -2.10. The standard InChI is InChI=1S/C11H11F2NO/c1-2-4-9-5-3-6-10(7-9)11(12,13)14-8-15/h3,5-7H,2,4H2,1H3. The van der Waals surface area contributed by atoms with Crippen LogP contribution in [0.2, 0.25) is 0 Å². The van der Waals surface area contributed by atoms with Crippen LogP contribution < -0.4 is 0 Å². The fourth-order valence-electron chi connectivity index (χ4n) is 1.32. The number of isocyanates is 1. The van der Waals surface area contributed by atoms with Crippen molar-refractivity contribution in [2.24, 2.45) is 4.99 Å². The van der Waals surface area contributed by atoms with Crippen molar-refractivity contribution in [2.45, 2.75) is 25.8 Å². The number of carbonyl (C=O) groups excluding carboxylic acids is 1. The number of aryl methyl sites for hydroxylation is 1. The first-order chi connectivity index (χ1) is 7.10. The van der Waals surface area contributed by atoms with Gasteiger partial charge in [0.15, 0.2) is 0 Å². The van der Waals surface area contributed by atoms with E-state index in [1.165, 1.54) is 18.2 Å².